The Bertz CT molecular complexity index is 616. The summed E-state index contributed by atoms with van der Waals surface area (Å²) in [5, 5.41) is 18.2. The molecule has 1 atom stereocenters. The summed E-state index contributed by atoms with van der Waals surface area (Å²) in [5.74, 6) is -0.196. The first kappa shape index (κ1) is 14.1. The maximum Gasteiger partial charge on any atom is 0.319 e. The molecule has 0 bridgehead atoms. The van der Waals surface area contributed by atoms with Crippen LogP contribution in [0.3, 0.4) is 0 Å². The van der Waals surface area contributed by atoms with Gasteiger partial charge in [-0.25, -0.2) is 4.79 Å². The van der Waals surface area contributed by atoms with Crippen molar-refractivity contribution in [2.24, 2.45) is 5.92 Å². The Morgan fingerprint density at radius 3 is 2.95 bits per heavy atom. The molecular formula is C15H15N3OS. The minimum atomic E-state index is -0.297. The van der Waals surface area contributed by atoms with E-state index in [1.54, 1.807) is 18.3 Å². The third-order valence-corrected chi connectivity index (χ3v) is 3.45. The normalized spacial score (nSPS) is 11.4. The first-order chi connectivity index (χ1) is 9.69. The Hall–Kier alpha value is -2.32. The molecule has 5 heteroatoms. The van der Waals surface area contributed by atoms with Crippen LogP contribution in [0.15, 0.2) is 41.1 Å². The van der Waals surface area contributed by atoms with E-state index in [0.29, 0.717) is 6.54 Å². The summed E-state index contributed by atoms with van der Waals surface area (Å²) in [5.41, 5.74) is 2.93. The van der Waals surface area contributed by atoms with Crippen molar-refractivity contribution in [1.29, 1.82) is 5.26 Å². The quantitative estimate of drug-likeness (QED) is 0.899. The minimum Gasteiger partial charge on any atom is -0.337 e. The molecule has 0 aliphatic rings. The van der Waals surface area contributed by atoms with Gasteiger partial charge < -0.3 is 10.6 Å². The fraction of sp³-hybridized carbons (Fsp3) is 0.200. The summed E-state index contributed by atoms with van der Waals surface area (Å²) >= 11 is 1.64. The molecule has 0 saturated carbocycles. The van der Waals surface area contributed by atoms with Crippen LogP contribution in [0.1, 0.15) is 6.92 Å². The molecule has 0 aliphatic carbocycles. The first-order valence-corrected chi connectivity index (χ1v) is 7.20. The number of rotatable bonds is 4. The number of hydrogen-bond acceptors (Lipinski definition) is 3. The van der Waals surface area contributed by atoms with Crippen LogP contribution in [0, 0.1) is 17.2 Å². The molecule has 0 saturated heterocycles. The van der Waals surface area contributed by atoms with Crippen LogP contribution in [0.5, 0.6) is 0 Å². The van der Waals surface area contributed by atoms with E-state index in [0.717, 1.165) is 16.8 Å². The van der Waals surface area contributed by atoms with Gasteiger partial charge in [-0.15, -0.1) is 0 Å². The number of nitrogens with one attached hydrogen (secondary N) is 2. The van der Waals surface area contributed by atoms with Crippen molar-refractivity contribution in [2.45, 2.75) is 6.92 Å². The van der Waals surface area contributed by atoms with Crippen molar-refractivity contribution in [3.05, 3.63) is 41.1 Å². The molecule has 102 valence electrons. The predicted octanol–water partition coefficient (Wildman–Crippen LogP) is 3.70. The van der Waals surface area contributed by atoms with Crippen molar-refractivity contribution < 1.29 is 4.79 Å². The zero-order chi connectivity index (χ0) is 14.4. The average Bonchev–Trinajstić information content (AvgIpc) is 2.99. The molecule has 2 rings (SSSR count). The second-order valence-electron chi connectivity index (χ2n) is 4.46. The smallest absolute Gasteiger partial charge is 0.319 e. The Kier molecular flexibility index (Phi) is 4.75. The molecule has 1 aromatic carbocycles. The maximum absolute atomic E-state index is 11.7. The van der Waals surface area contributed by atoms with E-state index >= 15 is 0 Å². The molecular weight excluding hydrogens is 270 g/mol. The van der Waals surface area contributed by atoms with Gasteiger partial charge in [-0.05, 0) is 47.0 Å². The monoisotopic (exact) mass is 285 g/mol. The molecule has 0 unspecified atom stereocenters. The Morgan fingerprint density at radius 2 is 2.25 bits per heavy atom. The summed E-state index contributed by atoms with van der Waals surface area (Å²) in [6.07, 6.45) is 0. The lowest BCUT2D eigenvalue weighted by Crippen LogP contribution is -2.31. The van der Waals surface area contributed by atoms with E-state index in [1.165, 1.54) is 0 Å². The fourth-order valence-electron chi connectivity index (χ4n) is 1.67. The molecule has 0 spiro atoms. The van der Waals surface area contributed by atoms with Crippen molar-refractivity contribution >= 4 is 23.1 Å². The van der Waals surface area contributed by atoms with Crippen molar-refractivity contribution in [1.82, 2.24) is 5.32 Å². The van der Waals surface area contributed by atoms with Crippen LogP contribution in [0.2, 0.25) is 0 Å². The molecule has 0 fully saturated rings. The highest BCUT2D eigenvalue weighted by molar-refractivity contribution is 7.08. The highest BCUT2D eigenvalue weighted by Crippen LogP contribution is 2.24. The highest BCUT2D eigenvalue weighted by atomic mass is 32.1. The molecule has 2 aromatic rings. The van der Waals surface area contributed by atoms with Crippen LogP contribution in [0.25, 0.3) is 11.1 Å². The Morgan fingerprint density at radius 1 is 1.40 bits per heavy atom. The number of urea groups is 1. The van der Waals surface area contributed by atoms with Gasteiger partial charge in [0, 0.05) is 12.2 Å². The fourth-order valence-corrected chi connectivity index (χ4v) is 2.34. The largest absolute Gasteiger partial charge is 0.337 e. The van der Waals surface area contributed by atoms with Crippen LogP contribution >= 0.6 is 11.3 Å². The van der Waals surface area contributed by atoms with Gasteiger partial charge in [0.25, 0.3) is 0 Å². The third-order valence-electron chi connectivity index (χ3n) is 2.76. The number of benzene rings is 1. The summed E-state index contributed by atoms with van der Waals surface area (Å²) in [4.78, 5) is 11.7. The summed E-state index contributed by atoms with van der Waals surface area (Å²) in [7, 11) is 0. The van der Waals surface area contributed by atoms with E-state index in [1.807, 2.05) is 35.7 Å². The lowest BCUT2D eigenvalue weighted by molar-refractivity contribution is 0.251. The number of amides is 2. The predicted molar refractivity (Wildman–Crippen MR) is 81.6 cm³/mol. The van der Waals surface area contributed by atoms with Crippen LogP contribution in [-0.2, 0) is 0 Å². The lowest BCUT2D eigenvalue weighted by atomic mass is 10.1. The van der Waals surface area contributed by atoms with Crippen molar-refractivity contribution in [2.75, 3.05) is 11.9 Å². The summed E-state index contributed by atoms with van der Waals surface area (Å²) in [6.45, 7) is 2.10. The first-order valence-electron chi connectivity index (χ1n) is 6.26. The Balaban J connectivity index is 1.98. The molecule has 0 aliphatic heterocycles. The van der Waals surface area contributed by atoms with Crippen LogP contribution in [0.4, 0.5) is 10.5 Å². The van der Waals surface area contributed by atoms with Gasteiger partial charge in [0.1, 0.15) is 0 Å². The molecule has 1 heterocycles. The number of nitriles is 1. The third kappa shape index (κ3) is 3.84. The van der Waals surface area contributed by atoms with Gasteiger partial charge in [0.2, 0.25) is 0 Å². The molecule has 2 N–H and O–H groups in total. The number of anilines is 1. The maximum atomic E-state index is 11.7. The lowest BCUT2D eigenvalue weighted by Gasteiger charge is -2.09. The van der Waals surface area contributed by atoms with Gasteiger partial charge in [0.05, 0.1) is 12.0 Å². The number of thiophene rings is 1. The van der Waals surface area contributed by atoms with E-state index in [4.69, 9.17) is 5.26 Å². The number of carbonyl (C=O) groups is 1. The second kappa shape index (κ2) is 6.73. The zero-order valence-electron chi connectivity index (χ0n) is 11.1. The minimum absolute atomic E-state index is 0.196. The highest BCUT2D eigenvalue weighted by Gasteiger charge is 2.05. The second-order valence-corrected chi connectivity index (χ2v) is 5.24. The van der Waals surface area contributed by atoms with Gasteiger partial charge in [-0.1, -0.05) is 12.1 Å². The van der Waals surface area contributed by atoms with Gasteiger partial charge >= 0.3 is 6.03 Å². The number of hydrogen-bond donors (Lipinski definition) is 2. The van der Waals surface area contributed by atoms with E-state index in [-0.39, 0.29) is 11.9 Å². The van der Waals surface area contributed by atoms with E-state index < -0.39 is 0 Å². The van der Waals surface area contributed by atoms with E-state index in [2.05, 4.69) is 22.1 Å². The van der Waals surface area contributed by atoms with Gasteiger partial charge in [0.15, 0.2) is 0 Å². The van der Waals surface area contributed by atoms with Crippen molar-refractivity contribution in [3.8, 4) is 17.2 Å². The number of nitrogens with zero attached hydrogens (tertiary/aromatic N) is 1. The van der Waals surface area contributed by atoms with Crippen molar-refractivity contribution in [3.63, 3.8) is 0 Å². The van der Waals surface area contributed by atoms with Crippen LogP contribution in [-0.4, -0.2) is 12.6 Å². The molecule has 0 radical (unpaired) electrons. The molecule has 2 amide bonds. The van der Waals surface area contributed by atoms with Gasteiger partial charge in [-0.3, -0.25) is 0 Å². The van der Waals surface area contributed by atoms with Gasteiger partial charge in [-0.2, -0.15) is 16.6 Å². The average molecular weight is 285 g/mol. The topological polar surface area (TPSA) is 64.9 Å². The molecule has 4 nitrogen and oxygen atoms in total. The molecule has 20 heavy (non-hydrogen) atoms. The summed E-state index contributed by atoms with van der Waals surface area (Å²) < 4.78 is 0. The summed E-state index contributed by atoms with van der Waals surface area (Å²) in [6, 6.07) is 11.5. The SMILES string of the molecule is C[C@@H](C#N)CNC(=O)Nc1cccc(-c2ccsc2)c1. The standard InChI is InChI=1S/C15H15N3OS/c1-11(8-16)9-17-15(19)18-14-4-2-3-12(7-14)13-5-6-20-10-13/h2-7,10-11H,9H2,1H3,(H2,17,18,19)/t11-/m0/s1. The molecule has 1 aromatic heterocycles. The Labute approximate surface area is 122 Å². The number of carbonyl (C=O) groups excluding carboxylic acids is 1. The zero-order valence-corrected chi connectivity index (χ0v) is 11.9. The van der Waals surface area contributed by atoms with E-state index in [9.17, 15) is 4.79 Å². The van der Waals surface area contributed by atoms with Crippen LogP contribution < -0.4 is 10.6 Å².